The van der Waals surface area contributed by atoms with Crippen LogP contribution in [0.4, 0.5) is 4.39 Å². The van der Waals surface area contributed by atoms with Crippen LogP contribution in [0.1, 0.15) is 24.5 Å². The third-order valence-corrected chi connectivity index (χ3v) is 2.26. The Morgan fingerprint density at radius 2 is 2.23 bits per heavy atom. The molecule has 0 bridgehead atoms. The van der Waals surface area contributed by atoms with Crippen molar-refractivity contribution in [3.8, 4) is 5.75 Å². The van der Waals surface area contributed by atoms with Crippen LogP contribution in [0.2, 0.25) is 0 Å². The van der Waals surface area contributed by atoms with E-state index in [9.17, 15) is 4.39 Å². The molecular formula is C10H11FO2. The van der Waals surface area contributed by atoms with Crippen LogP contribution in [-0.2, 0) is 10.7 Å². The van der Waals surface area contributed by atoms with Gasteiger partial charge in [0.25, 0.3) is 5.85 Å². The van der Waals surface area contributed by atoms with Crippen LogP contribution in [-0.4, -0.2) is 0 Å². The maximum absolute atomic E-state index is 13.9. The summed E-state index contributed by atoms with van der Waals surface area (Å²) in [7, 11) is 0. The fourth-order valence-electron chi connectivity index (χ4n) is 1.41. The third kappa shape index (κ3) is 1.20. The van der Waals surface area contributed by atoms with E-state index in [0.29, 0.717) is 11.3 Å². The van der Waals surface area contributed by atoms with Gasteiger partial charge in [-0.15, -0.1) is 4.89 Å². The molecule has 1 aliphatic heterocycles. The van der Waals surface area contributed by atoms with E-state index in [4.69, 9.17) is 4.89 Å². The molecule has 2 nitrogen and oxygen atoms in total. The number of rotatable bonds is 1. The van der Waals surface area contributed by atoms with Gasteiger partial charge in [0.15, 0.2) is 5.75 Å². The summed E-state index contributed by atoms with van der Waals surface area (Å²) in [4.78, 5) is 9.43. The minimum Gasteiger partial charge on any atom is -0.333 e. The largest absolute Gasteiger partial charge is 0.333 e. The zero-order valence-corrected chi connectivity index (χ0v) is 7.63. The molecule has 0 saturated heterocycles. The smallest absolute Gasteiger partial charge is 0.280 e. The molecule has 0 saturated carbocycles. The molecule has 13 heavy (non-hydrogen) atoms. The average molecular weight is 182 g/mol. The molecule has 0 aromatic heterocycles. The Bertz CT molecular complexity index is 338. The van der Waals surface area contributed by atoms with Crippen LogP contribution < -0.4 is 4.89 Å². The SMILES string of the molecule is CCC1(F)OOc2ccc(C)cc21. The zero-order valence-electron chi connectivity index (χ0n) is 7.63. The lowest BCUT2D eigenvalue weighted by molar-refractivity contribution is -0.322. The van der Waals surface area contributed by atoms with Gasteiger partial charge in [-0.3, -0.25) is 0 Å². The lowest BCUT2D eigenvalue weighted by Gasteiger charge is -2.13. The average Bonchev–Trinajstić information content (AvgIpc) is 2.45. The second kappa shape index (κ2) is 2.70. The van der Waals surface area contributed by atoms with E-state index in [-0.39, 0.29) is 6.42 Å². The molecule has 0 radical (unpaired) electrons. The standard InChI is InChI=1S/C10H11FO2/c1-3-10(11)8-6-7(2)4-5-9(8)12-13-10/h4-6H,3H2,1-2H3. The Labute approximate surface area is 76.2 Å². The predicted molar refractivity (Wildman–Crippen MR) is 46.0 cm³/mol. The number of fused-ring (bicyclic) bond motifs is 1. The van der Waals surface area contributed by atoms with Crippen LogP contribution >= 0.6 is 0 Å². The highest BCUT2D eigenvalue weighted by molar-refractivity contribution is 5.41. The Morgan fingerprint density at radius 3 is 2.92 bits per heavy atom. The highest BCUT2D eigenvalue weighted by Crippen LogP contribution is 2.43. The van der Waals surface area contributed by atoms with Gasteiger partial charge in [0.05, 0.1) is 5.56 Å². The number of benzene rings is 1. The van der Waals surface area contributed by atoms with E-state index >= 15 is 0 Å². The summed E-state index contributed by atoms with van der Waals surface area (Å²) in [5.41, 5.74) is 1.50. The molecule has 1 aromatic carbocycles. The Kier molecular flexibility index (Phi) is 1.77. The van der Waals surface area contributed by atoms with Crippen LogP contribution in [0.3, 0.4) is 0 Å². The molecule has 1 unspecified atom stereocenters. The van der Waals surface area contributed by atoms with E-state index in [1.807, 2.05) is 13.0 Å². The molecule has 0 spiro atoms. The second-order valence-corrected chi connectivity index (χ2v) is 3.25. The summed E-state index contributed by atoms with van der Waals surface area (Å²) in [6.45, 7) is 3.63. The normalized spacial score (nSPS) is 25.5. The number of aryl methyl sites for hydroxylation is 1. The van der Waals surface area contributed by atoms with Crippen molar-refractivity contribution in [1.82, 2.24) is 0 Å². The van der Waals surface area contributed by atoms with Crippen LogP contribution in [0.5, 0.6) is 5.75 Å². The topological polar surface area (TPSA) is 18.5 Å². The maximum atomic E-state index is 13.9. The van der Waals surface area contributed by atoms with Gasteiger partial charge in [-0.1, -0.05) is 18.6 Å². The van der Waals surface area contributed by atoms with E-state index in [1.54, 1.807) is 19.1 Å². The number of alkyl halides is 1. The lowest BCUT2D eigenvalue weighted by atomic mass is 10.0. The van der Waals surface area contributed by atoms with Gasteiger partial charge in [-0.05, 0) is 19.1 Å². The van der Waals surface area contributed by atoms with Crippen molar-refractivity contribution in [1.29, 1.82) is 0 Å². The van der Waals surface area contributed by atoms with Crippen molar-refractivity contribution in [2.24, 2.45) is 0 Å². The fourth-order valence-corrected chi connectivity index (χ4v) is 1.41. The minimum atomic E-state index is -1.76. The molecule has 2 rings (SSSR count). The first-order valence-corrected chi connectivity index (χ1v) is 4.31. The first-order chi connectivity index (χ1) is 6.15. The van der Waals surface area contributed by atoms with Crippen LogP contribution in [0.25, 0.3) is 0 Å². The fraction of sp³-hybridized carbons (Fsp3) is 0.400. The van der Waals surface area contributed by atoms with Gasteiger partial charge in [-0.25, -0.2) is 4.39 Å². The van der Waals surface area contributed by atoms with Gasteiger partial charge in [0.1, 0.15) is 0 Å². The van der Waals surface area contributed by atoms with Gasteiger partial charge < -0.3 is 4.89 Å². The van der Waals surface area contributed by atoms with Crippen molar-refractivity contribution in [2.75, 3.05) is 0 Å². The van der Waals surface area contributed by atoms with Crippen molar-refractivity contribution < 1.29 is 14.2 Å². The summed E-state index contributed by atoms with van der Waals surface area (Å²) in [5, 5.41) is 0. The van der Waals surface area contributed by atoms with Crippen molar-refractivity contribution >= 4 is 0 Å². The lowest BCUT2D eigenvalue weighted by Crippen LogP contribution is -2.17. The Morgan fingerprint density at radius 1 is 1.46 bits per heavy atom. The molecule has 1 aliphatic rings. The van der Waals surface area contributed by atoms with E-state index < -0.39 is 5.85 Å². The predicted octanol–water partition coefficient (Wildman–Crippen LogP) is 2.85. The highest BCUT2D eigenvalue weighted by Gasteiger charge is 2.42. The molecule has 0 aliphatic carbocycles. The van der Waals surface area contributed by atoms with Gasteiger partial charge in [0.2, 0.25) is 0 Å². The van der Waals surface area contributed by atoms with Crippen molar-refractivity contribution in [2.45, 2.75) is 26.1 Å². The first kappa shape index (κ1) is 8.51. The van der Waals surface area contributed by atoms with E-state index in [1.165, 1.54) is 0 Å². The maximum Gasteiger partial charge on any atom is 0.280 e. The van der Waals surface area contributed by atoms with Crippen molar-refractivity contribution in [3.05, 3.63) is 29.3 Å². The quantitative estimate of drug-likeness (QED) is 0.622. The third-order valence-electron chi connectivity index (χ3n) is 2.26. The summed E-state index contributed by atoms with van der Waals surface area (Å²) >= 11 is 0. The second-order valence-electron chi connectivity index (χ2n) is 3.25. The molecule has 70 valence electrons. The molecular weight excluding hydrogens is 171 g/mol. The monoisotopic (exact) mass is 182 g/mol. The first-order valence-electron chi connectivity index (χ1n) is 4.31. The molecule has 1 aromatic rings. The Hall–Kier alpha value is -1.09. The van der Waals surface area contributed by atoms with E-state index in [0.717, 1.165) is 5.56 Å². The summed E-state index contributed by atoms with van der Waals surface area (Å²) in [6.07, 6.45) is 0.253. The van der Waals surface area contributed by atoms with Crippen LogP contribution in [0, 0.1) is 6.92 Å². The molecule has 1 atom stereocenters. The highest BCUT2D eigenvalue weighted by atomic mass is 19.2. The van der Waals surface area contributed by atoms with Crippen molar-refractivity contribution in [3.63, 3.8) is 0 Å². The summed E-state index contributed by atoms with van der Waals surface area (Å²) in [5.74, 6) is -1.28. The summed E-state index contributed by atoms with van der Waals surface area (Å²) in [6, 6.07) is 5.34. The molecule has 0 N–H and O–H groups in total. The van der Waals surface area contributed by atoms with Crippen LogP contribution in [0.15, 0.2) is 18.2 Å². The van der Waals surface area contributed by atoms with E-state index in [2.05, 4.69) is 4.89 Å². The summed E-state index contributed by atoms with van der Waals surface area (Å²) < 4.78 is 13.9. The number of halogens is 1. The van der Waals surface area contributed by atoms with Gasteiger partial charge in [0, 0.05) is 6.42 Å². The number of hydrogen-bond acceptors (Lipinski definition) is 2. The minimum absolute atomic E-state index is 0.253. The van der Waals surface area contributed by atoms with Gasteiger partial charge >= 0.3 is 0 Å². The number of hydrogen-bond donors (Lipinski definition) is 0. The Balaban J connectivity index is 2.52. The zero-order chi connectivity index (χ0) is 9.47. The molecule has 0 amide bonds. The van der Waals surface area contributed by atoms with Gasteiger partial charge in [-0.2, -0.15) is 0 Å². The molecule has 1 heterocycles. The molecule has 0 fully saturated rings. The molecule has 3 heteroatoms.